The third-order valence-electron chi connectivity index (χ3n) is 4.02. The van der Waals surface area contributed by atoms with Crippen LogP contribution in [0.25, 0.3) is 5.69 Å². The Morgan fingerprint density at radius 1 is 1.27 bits per heavy atom. The monoisotopic (exact) mass is 413 g/mol. The molecule has 0 spiro atoms. The molecule has 0 radical (unpaired) electrons. The number of benzene rings is 2. The topological polar surface area (TPSA) is 56.1 Å². The van der Waals surface area contributed by atoms with Crippen LogP contribution in [0.2, 0.25) is 0 Å². The van der Waals surface area contributed by atoms with Gasteiger partial charge >= 0.3 is 0 Å². The van der Waals surface area contributed by atoms with E-state index < -0.39 is 0 Å². The Balaban J connectivity index is 1.55. The summed E-state index contributed by atoms with van der Waals surface area (Å²) in [5, 5.41) is 2.95. The number of amides is 1. The van der Waals surface area contributed by atoms with E-state index in [4.69, 9.17) is 4.74 Å². The summed E-state index contributed by atoms with van der Waals surface area (Å²) in [5.41, 5.74) is 3.18. The number of ether oxygens (including phenoxy) is 1. The Morgan fingerprint density at radius 3 is 2.69 bits per heavy atom. The first-order valence-electron chi connectivity index (χ1n) is 8.29. The quantitative estimate of drug-likeness (QED) is 0.658. The number of carbonyl (C=O) groups excluding carboxylic acids is 1. The Kier molecular flexibility index (Phi) is 5.73. The fourth-order valence-corrected chi connectivity index (χ4v) is 3.19. The van der Waals surface area contributed by atoms with Gasteiger partial charge in [0.05, 0.1) is 16.8 Å². The van der Waals surface area contributed by atoms with Crippen molar-refractivity contribution in [2.24, 2.45) is 0 Å². The van der Waals surface area contributed by atoms with Crippen molar-refractivity contribution in [3.8, 4) is 11.4 Å². The van der Waals surface area contributed by atoms with Crippen LogP contribution in [-0.4, -0.2) is 22.1 Å². The highest BCUT2D eigenvalue weighted by Gasteiger charge is 2.11. The van der Waals surface area contributed by atoms with E-state index in [0.29, 0.717) is 5.75 Å². The molecule has 0 bridgehead atoms. The van der Waals surface area contributed by atoms with Crippen LogP contribution in [0.5, 0.6) is 5.75 Å². The number of rotatable bonds is 6. The summed E-state index contributed by atoms with van der Waals surface area (Å²) in [4.78, 5) is 16.2. The fraction of sp³-hybridized carbons (Fsp3) is 0.200. The minimum atomic E-state index is -0.163. The first kappa shape index (κ1) is 18.2. The molecule has 26 heavy (non-hydrogen) atoms. The maximum atomic E-state index is 12.2. The smallest absolute Gasteiger partial charge is 0.258 e. The third-order valence-corrected chi connectivity index (χ3v) is 4.64. The summed E-state index contributed by atoms with van der Waals surface area (Å²) in [7, 11) is 0. The van der Waals surface area contributed by atoms with E-state index in [0.717, 1.165) is 21.3 Å². The lowest BCUT2D eigenvalue weighted by molar-refractivity contribution is -0.123. The number of imidazole rings is 1. The minimum absolute atomic E-state index is 0.0286. The molecule has 5 nitrogen and oxygen atoms in total. The molecule has 6 heteroatoms. The molecule has 3 rings (SSSR count). The van der Waals surface area contributed by atoms with E-state index in [2.05, 4.69) is 26.2 Å². The van der Waals surface area contributed by atoms with Gasteiger partial charge in [-0.25, -0.2) is 4.98 Å². The summed E-state index contributed by atoms with van der Waals surface area (Å²) in [6.45, 7) is 3.92. The summed E-state index contributed by atoms with van der Waals surface area (Å²) in [6, 6.07) is 13.6. The molecule has 3 aromatic rings. The molecule has 2 aromatic carbocycles. The molecule has 1 heterocycles. The lowest BCUT2D eigenvalue weighted by atomic mass is 10.1. The first-order chi connectivity index (χ1) is 12.5. The molecule has 0 aliphatic carbocycles. The van der Waals surface area contributed by atoms with Crippen LogP contribution in [0.3, 0.4) is 0 Å². The second kappa shape index (κ2) is 8.19. The van der Waals surface area contributed by atoms with E-state index in [1.807, 2.05) is 67.1 Å². The normalized spacial score (nSPS) is 11.8. The Morgan fingerprint density at radius 2 is 2.04 bits per heavy atom. The summed E-state index contributed by atoms with van der Waals surface area (Å²) >= 11 is 3.44. The van der Waals surface area contributed by atoms with Crippen molar-refractivity contribution in [3.05, 3.63) is 76.8 Å². The van der Waals surface area contributed by atoms with Gasteiger partial charge in [0, 0.05) is 18.1 Å². The van der Waals surface area contributed by atoms with Crippen molar-refractivity contribution in [1.82, 2.24) is 14.9 Å². The summed E-state index contributed by atoms with van der Waals surface area (Å²) in [5.74, 6) is 0.492. The van der Waals surface area contributed by atoms with Crippen molar-refractivity contribution < 1.29 is 9.53 Å². The molecule has 0 saturated carbocycles. The zero-order chi connectivity index (χ0) is 18.5. The third kappa shape index (κ3) is 4.52. The van der Waals surface area contributed by atoms with Gasteiger partial charge < -0.3 is 14.6 Å². The van der Waals surface area contributed by atoms with Gasteiger partial charge in [-0.1, -0.05) is 18.2 Å². The van der Waals surface area contributed by atoms with Gasteiger partial charge in [-0.05, 0) is 65.2 Å². The Hall–Kier alpha value is -2.60. The Bertz CT molecular complexity index is 877. The van der Waals surface area contributed by atoms with Gasteiger partial charge in [-0.3, -0.25) is 4.79 Å². The number of nitrogens with one attached hydrogen (secondary N) is 1. The zero-order valence-corrected chi connectivity index (χ0v) is 16.2. The molecular formula is C20H20BrN3O2. The lowest BCUT2D eigenvalue weighted by Crippen LogP contribution is -2.31. The number of aryl methyl sites for hydroxylation is 1. The summed E-state index contributed by atoms with van der Waals surface area (Å²) < 4.78 is 8.36. The van der Waals surface area contributed by atoms with Crippen LogP contribution in [0.4, 0.5) is 0 Å². The van der Waals surface area contributed by atoms with E-state index >= 15 is 0 Å². The van der Waals surface area contributed by atoms with Crippen molar-refractivity contribution in [3.63, 3.8) is 0 Å². The van der Waals surface area contributed by atoms with Crippen LogP contribution >= 0.6 is 15.9 Å². The van der Waals surface area contributed by atoms with Crippen molar-refractivity contribution in [2.45, 2.75) is 19.9 Å². The molecule has 0 fully saturated rings. The number of nitrogens with zero attached hydrogens (tertiary/aromatic N) is 2. The van der Waals surface area contributed by atoms with Crippen LogP contribution in [0, 0.1) is 6.92 Å². The van der Waals surface area contributed by atoms with Crippen molar-refractivity contribution in [1.29, 1.82) is 0 Å². The maximum absolute atomic E-state index is 12.2. The molecule has 1 unspecified atom stereocenters. The maximum Gasteiger partial charge on any atom is 0.258 e. The van der Waals surface area contributed by atoms with Gasteiger partial charge in [-0.2, -0.15) is 0 Å². The molecule has 1 amide bonds. The van der Waals surface area contributed by atoms with Gasteiger partial charge in [0.25, 0.3) is 5.91 Å². The standard InChI is InChI=1S/C20H20BrN3O2/c1-14-3-8-19(18(21)11-14)26-12-20(25)23-15(2)16-4-6-17(7-5-16)24-10-9-22-13-24/h3-11,13,15H,12H2,1-2H3,(H,23,25). The van der Waals surface area contributed by atoms with Crippen LogP contribution < -0.4 is 10.1 Å². The highest BCUT2D eigenvalue weighted by molar-refractivity contribution is 9.10. The number of hydrogen-bond donors (Lipinski definition) is 1. The lowest BCUT2D eigenvalue weighted by Gasteiger charge is -2.16. The molecule has 0 aliphatic rings. The van der Waals surface area contributed by atoms with E-state index in [1.54, 1.807) is 12.5 Å². The number of halogens is 1. The zero-order valence-electron chi connectivity index (χ0n) is 14.6. The van der Waals surface area contributed by atoms with Crippen LogP contribution in [0.15, 0.2) is 65.7 Å². The average Bonchev–Trinajstić information content (AvgIpc) is 3.16. The summed E-state index contributed by atoms with van der Waals surface area (Å²) in [6.07, 6.45) is 5.38. The van der Waals surface area contributed by atoms with Crippen LogP contribution in [0.1, 0.15) is 24.1 Å². The highest BCUT2D eigenvalue weighted by atomic mass is 79.9. The van der Waals surface area contributed by atoms with E-state index in [1.165, 1.54) is 0 Å². The van der Waals surface area contributed by atoms with Gasteiger partial charge in [0.1, 0.15) is 5.75 Å². The van der Waals surface area contributed by atoms with E-state index in [-0.39, 0.29) is 18.6 Å². The molecule has 1 aromatic heterocycles. The SMILES string of the molecule is Cc1ccc(OCC(=O)NC(C)c2ccc(-n3ccnc3)cc2)c(Br)c1. The number of aromatic nitrogens is 2. The van der Waals surface area contributed by atoms with Crippen molar-refractivity contribution >= 4 is 21.8 Å². The predicted octanol–water partition coefficient (Wildman–Crippen LogP) is 4.20. The first-order valence-corrected chi connectivity index (χ1v) is 9.09. The number of carbonyl (C=O) groups is 1. The molecule has 0 saturated heterocycles. The largest absolute Gasteiger partial charge is 0.483 e. The van der Waals surface area contributed by atoms with Crippen LogP contribution in [-0.2, 0) is 4.79 Å². The predicted molar refractivity (Wildman–Crippen MR) is 104 cm³/mol. The molecule has 134 valence electrons. The number of hydrogen-bond acceptors (Lipinski definition) is 3. The fourth-order valence-electron chi connectivity index (χ4n) is 2.58. The van der Waals surface area contributed by atoms with Gasteiger partial charge in [0.15, 0.2) is 6.61 Å². The minimum Gasteiger partial charge on any atom is -0.483 e. The van der Waals surface area contributed by atoms with E-state index in [9.17, 15) is 4.79 Å². The molecule has 1 N–H and O–H groups in total. The van der Waals surface area contributed by atoms with Gasteiger partial charge in [-0.15, -0.1) is 0 Å². The molecular weight excluding hydrogens is 394 g/mol. The molecule has 1 atom stereocenters. The second-order valence-electron chi connectivity index (χ2n) is 6.07. The van der Waals surface area contributed by atoms with Crippen molar-refractivity contribution in [2.75, 3.05) is 6.61 Å². The second-order valence-corrected chi connectivity index (χ2v) is 6.93. The molecule has 0 aliphatic heterocycles. The average molecular weight is 414 g/mol. The Labute approximate surface area is 161 Å². The van der Waals surface area contributed by atoms with Gasteiger partial charge in [0.2, 0.25) is 0 Å². The highest BCUT2D eigenvalue weighted by Crippen LogP contribution is 2.25.